The maximum Gasteiger partial charge on any atom is 0.145 e. The number of imidazole rings is 1. The highest BCUT2D eigenvalue weighted by Gasteiger charge is 2.23. The van der Waals surface area contributed by atoms with Gasteiger partial charge < -0.3 is 9.47 Å². The van der Waals surface area contributed by atoms with Gasteiger partial charge in [-0.15, -0.1) is 0 Å². The van der Waals surface area contributed by atoms with Crippen LogP contribution >= 0.6 is 0 Å². The van der Waals surface area contributed by atoms with Crippen molar-refractivity contribution in [2.24, 2.45) is 0 Å². The molecule has 10 rings (SSSR count). The van der Waals surface area contributed by atoms with Crippen molar-refractivity contribution in [1.82, 2.24) is 14.1 Å². The van der Waals surface area contributed by atoms with Crippen LogP contribution in [-0.4, -0.2) is 14.1 Å². The second-order valence-electron chi connectivity index (χ2n) is 12.1. The van der Waals surface area contributed by atoms with Crippen molar-refractivity contribution in [3.63, 3.8) is 0 Å². The van der Waals surface area contributed by atoms with Gasteiger partial charge in [0.1, 0.15) is 5.82 Å². The van der Waals surface area contributed by atoms with Gasteiger partial charge in [0.05, 0.1) is 27.8 Å². The molecule has 0 N–H and O–H groups in total. The molecular weight excluding hydrogens is 573 g/mol. The molecule has 0 radical (unpaired) electrons. The Bertz CT molecular complexity index is 2680. The summed E-state index contributed by atoms with van der Waals surface area (Å²) < 4.78 is 4.71. The molecule has 7 aromatic carbocycles. The Morgan fingerprint density at radius 1 is 0.468 bits per heavy atom. The van der Waals surface area contributed by atoms with Gasteiger partial charge in [0, 0.05) is 45.0 Å². The minimum atomic E-state index is 0.933. The average molecular weight is 601 g/mol. The van der Waals surface area contributed by atoms with E-state index in [2.05, 4.69) is 178 Å². The van der Waals surface area contributed by atoms with Crippen LogP contribution in [0.3, 0.4) is 0 Å². The van der Waals surface area contributed by atoms with E-state index in [1.165, 1.54) is 43.8 Å². The largest absolute Gasteiger partial charge is 0.317 e. The summed E-state index contributed by atoms with van der Waals surface area (Å²) >= 11 is 0. The third-order valence-corrected chi connectivity index (χ3v) is 9.44. The highest BCUT2D eigenvalue weighted by Crippen LogP contribution is 2.45. The van der Waals surface area contributed by atoms with Crippen molar-refractivity contribution in [2.45, 2.75) is 0 Å². The molecule has 0 bridgehead atoms. The predicted molar refractivity (Wildman–Crippen MR) is 196 cm³/mol. The topological polar surface area (TPSA) is 26.0 Å². The summed E-state index contributed by atoms with van der Waals surface area (Å²) in [5, 5.41) is 5.02. The molecule has 2 aromatic heterocycles. The summed E-state index contributed by atoms with van der Waals surface area (Å²) in [4.78, 5) is 7.39. The van der Waals surface area contributed by atoms with Gasteiger partial charge in [-0.2, -0.15) is 0 Å². The van der Waals surface area contributed by atoms with Crippen LogP contribution in [0, 0.1) is 0 Å². The SMILES string of the molecule is C1=CN(c2ccccc2)c2cccc3cc4c(c1c23)c1ccccc1n4-c1cccc(-n2c(-c3ccccc3)nc3ccccc32)c1. The maximum atomic E-state index is 5.10. The number of para-hydroxylation sites is 4. The molecule has 0 amide bonds. The summed E-state index contributed by atoms with van der Waals surface area (Å²) in [5.74, 6) is 0.933. The van der Waals surface area contributed by atoms with Crippen molar-refractivity contribution in [1.29, 1.82) is 0 Å². The minimum absolute atomic E-state index is 0.933. The van der Waals surface area contributed by atoms with Crippen LogP contribution in [0.25, 0.3) is 72.5 Å². The third kappa shape index (κ3) is 3.85. The van der Waals surface area contributed by atoms with Crippen molar-refractivity contribution < 1.29 is 0 Å². The summed E-state index contributed by atoms with van der Waals surface area (Å²) in [7, 11) is 0. The highest BCUT2D eigenvalue weighted by molar-refractivity contribution is 6.22. The number of benzene rings is 7. The lowest BCUT2D eigenvalue weighted by Gasteiger charge is -2.27. The Labute approximate surface area is 271 Å². The van der Waals surface area contributed by atoms with Gasteiger partial charge in [-0.05, 0) is 77.7 Å². The average Bonchev–Trinajstić information content (AvgIpc) is 3.69. The van der Waals surface area contributed by atoms with E-state index in [1.807, 2.05) is 6.07 Å². The van der Waals surface area contributed by atoms with E-state index in [0.29, 0.717) is 0 Å². The number of hydrogen-bond acceptors (Lipinski definition) is 2. The van der Waals surface area contributed by atoms with Crippen molar-refractivity contribution >= 4 is 61.1 Å². The summed E-state index contributed by atoms with van der Waals surface area (Å²) in [6, 6.07) is 56.1. The monoisotopic (exact) mass is 600 g/mol. The van der Waals surface area contributed by atoms with Gasteiger partial charge in [-0.3, -0.25) is 4.57 Å². The third-order valence-electron chi connectivity index (χ3n) is 9.44. The number of hydrogen-bond donors (Lipinski definition) is 0. The molecule has 0 fully saturated rings. The van der Waals surface area contributed by atoms with E-state index in [-0.39, 0.29) is 0 Å². The molecule has 0 aliphatic carbocycles. The molecule has 4 heteroatoms. The fourth-order valence-corrected chi connectivity index (χ4v) is 7.45. The van der Waals surface area contributed by atoms with Gasteiger partial charge >= 0.3 is 0 Å². The Hall–Kier alpha value is -6.39. The fourth-order valence-electron chi connectivity index (χ4n) is 7.45. The molecule has 3 heterocycles. The Morgan fingerprint density at radius 2 is 1.15 bits per heavy atom. The molecule has 1 aliphatic rings. The highest BCUT2D eigenvalue weighted by atomic mass is 15.1. The molecule has 0 unspecified atom stereocenters. The van der Waals surface area contributed by atoms with E-state index in [4.69, 9.17) is 4.98 Å². The molecular formula is C43H28N4. The van der Waals surface area contributed by atoms with E-state index in [0.717, 1.165) is 39.5 Å². The van der Waals surface area contributed by atoms with Gasteiger partial charge in [0.15, 0.2) is 0 Å². The Balaban J connectivity index is 1.24. The first-order valence-electron chi connectivity index (χ1n) is 16.0. The minimum Gasteiger partial charge on any atom is -0.317 e. The van der Waals surface area contributed by atoms with Gasteiger partial charge in [-0.1, -0.05) is 97.1 Å². The van der Waals surface area contributed by atoms with E-state index >= 15 is 0 Å². The van der Waals surface area contributed by atoms with E-state index in [1.54, 1.807) is 0 Å². The van der Waals surface area contributed by atoms with Gasteiger partial charge in [0.2, 0.25) is 0 Å². The number of aromatic nitrogens is 3. The zero-order valence-corrected chi connectivity index (χ0v) is 25.5. The number of nitrogens with zero attached hydrogens (tertiary/aromatic N) is 4. The zero-order valence-electron chi connectivity index (χ0n) is 25.5. The molecule has 9 aromatic rings. The first kappa shape index (κ1) is 25.9. The number of rotatable bonds is 4. The first-order valence-corrected chi connectivity index (χ1v) is 16.0. The van der Waals surface area contributed by atoms with Crippen LogP contribution in [0.1, 0.15) is 5.56 Å². The summed E-state index contributed by atoms with van der Waals surface area (Å²) in [6.07, 6.45) is 4.51. The molecule has 0 spiro atoms. The Kier molecular flexibility index (Phi) is 5.54. The van der Waals surface area contributed by atoms with Crippen LogP contribution in [-0.2, 0) is 0 Å². The van der Waals surface area contributed by atoms with Gasteiger partial charge in [-0.25, -0.2) is 4.98 Å². The summed E-state index contributed by atoms with van der Waals surface area (Å²) in [6.45, 7) is 0. The normalized spacial score (nSPS) is 12.6. The van der Waals surface area contributed by atoms with Crippen LogP contribution in [0.4, 0.5) is 11.4 Å². The fraction of sp³-hybridized carbons (Fsp3) is 0. The maximum absolute atomic E-state index is 5.10. The number of anilines is 2. The zero-order chi connectivity index (χ0) is 30.9. The van der Waals surface area contributed by atoms with Crippen LogP contribution in [0.5, 0.6) is 0 Å². The lowest BCUT2D eigenvalue weighted by atomic mass is 9.94. The standard InChI is InChI=1S/C43H28N4/c1-3-13-29(14-4-1)43-44-36-21-8-10-23-38(36)47(43)33-19-12-18-32(28-33)46-37-22-9-7-20-34(37)42-35-25-26-45(31-16-5-2-6-17-31)39-24-11-15-30(41(35)39)27-40(42)46/h1-28H. The van der Waals surface area contributed by atoms with Gasteiger partial charge in [0.25, 0.3) is 0 Å². The second-order valence-corrected chi connectivity index (χ2v) is 12.1. The lowest BCUT2D eigenvalue weighted by molar-refractivity contribution is 1.09. The summed E-state index contributed by atoms with van der Waals surface area (Å²) in [5.41, 5.74) is 11.3. The quantitative estimate of drug-likeness (QED) is 0.201. The molecule has 0 atom stereocenters. The Morgan fingerprint density at radius 3 is 2.00 bits per heavy atom. The van der Waals surface area contributed by atoms with Crippen LogP contribution in [0.2, 0.25) is 0 Å². The lowest BCUT2D eigenvalue weighted by Crippen LogP contribution is -2.11. The molecule has 1 aliphatic heterocycles. The predicted octanol–water partition coefficient (Wildman–Crippen LogP) is 11.1. The number of fused-ring (bicyclic) bond motifs is 5. The van der Waals surface area contributed by atoms with Crippen molar-refractivity contribution in [3.05, 3.63) is 169 Å². The molecule has 0 saturated heterocycles. The molecule has 47 heavy (non-hydrogen) atoms. The smallest absolute Gasteiger partial charge is 0.145 e. The molecule has 4 nitrogen and oxygen atoms in total. The van der Waals surface area contributed by atoms with E-state index in [9.17, 15) is 0 Å². The van der Waals surface area contributed by atoms with Crippen molar-refractivity contribution in [3.8, 4) is 22.8 Å². The molecule has 220 valence electrons. The van der Waals surface area contributed by atoms with Crippen LogP contribution < -0.4 is 4.90 Å². The first-order chi connectivity index (χ1) is 23.3. The van der Waals surface area contributed by atoms with Crippen molar-refractivity contribution in [2.75, 3.05) is 4.90 Å². The van der Waals surface area contributed by atoms with E-state index < -0.39 is 0 Å². The van der Waals surface area contributed by atoms with Crippen LogP contribution in [0.15, 0.2) is 164 Å². The molecule has 0 saturated carbocycles. The second kappa shape index (κ2) is 10.1.